The quantitative estimate of drug-likeness (QED) is 0.674. The molecule has 1 aromatic carbocycles. The number of hydrogen-bond acceptors (Lipinski definition) is 4. The first-order valence-corrected chi connectivity index (χ1v) is 6.36. The topological polar surface area (TPSA) is 70.1 Å². The Morgan fingerprint density at radius 2 is 2.05 bits per heavy atom. The summed E-state index contributed by atoms with van der Waals surface area (Å²) in [5.41, 5.74) is 8.23. The molecule has 0 aliphatic rings. The molecule has 0 spiro atoms. The van der Waals surface area contributed by atoms with Gasteiger partial charge in [-0.15, -0.1) is 0 Å². The second-order valence-electron chi connectivity index (χ2n) is 5.64. The second kappa shape index (κ2) is 5.00. The van der Waals surface area contributed by atoms with Crippen molar-refractivity contribution in [3.63, 3.8) is 0 Å². The normalized spacial score (nSPS) is 11.4. The smallest absolute Gasteiger partial charge is 0.338 e. The van der Waals surface area contributed by atoms with Crippen LogP contribution in [0.5, 0.6) is 0 Å². The highest BCUT2D eigenvalue weighted by Gasteiger charge is 2.18. The van der Waals surface area contributed by atoms with Crippen molar-refractivity contribution in [2.75, 3.05) is 12.8 Å². The van der Waals surface area contributed by atoms with Gasteiger partial charge >= 0.3 is 5.97 Å². The first-order chi connectivity index (χ1) is 9.32. The van der Waals surface area contributed by atoms with Crippen LogP contribution in [0.3, 0.4) is 0 Å². The van der Waals surface area contributed by atoms with E-state index in [1.807, 2.05) is 16.9 Å². The number of nitrogens with two attached hydrogens (primary N) is 1. The molecule has 106 valence electrons. The number of nitrogen functional groups attached to an aromatic ring is 1. The van der Waals surface area contributed by atoms with Crippen molar-refractivity contribution in [2.45, 2.75) is 26.3 Å². The molecule has 20 heavy (non-hydrogen) atoms. The summed E-state index contributed by atoms with van der Waals surface area (Å²) in [6.45, 7) is 6.19. The van der Waals surface area contributed by atoms with E-state index < -0.39 is 5.97 Å². The Hall–Kier alpha value is -2.30. The van der Waals surface area contributed by atoms with Crippen LogP contribution in [0.15, 0.2) is 30.6 Å². The molecule has 0 radical (unpaired) electrons. The number of aromatic nitrogens is 2. The highest BCUT2D eigenvalue weighted by atomic mass is 16.5. The Kier molecular flexibility index (Phi) is 3.53. The van der Waals surface area contributed by atoms with Gasteiger partial charge in [0.25, 0.3) is 0 Å². The Bertz CT molecular complexity index is 639. The fraction of sp³-hybridized carbons (Fsp3) is 0.333. The maximum Gasteiger partial charge on any atom is 0.338 e. The van der Waals surface area contributed by atoms with Crippen LogP contribution in [-0.2, 0) is 10.3 Å². The molecule has 0 aliphatic heterocycles. The Labute approximate surface area is 118 Å². The molecule has 0 unspecified atom stereocenters. The van der Waals surface area contributed by atoms with Gasteiger partial charge < -0.3 is 10.5 Å². The average Bonchev–Trinajstić information content (AvgIpc) is 2.87. The van der Waals surface area contributed by atoms with Gasteiger partial charge in [0.1, 0.15) is 0 Å². The summed E-state index contributed by atoms with van der Waals surface area (Å²) in [6.07, 6.45) is 3.65. The van der Waals surface area contributed by atoms with E-state index in [1.54, 1.807) is 18.3 Å². The van der Waals surface area contributed by atoms with Crippen molar-refractivity contribution in [3.8, 4) is 11.1 Å². The van der Waals surface area contributed by atoms with E-state index in [4.69, 9.17) is 10.5 Å². The monoisotopic (exact) mass is 273 g/mol. The summed E-state index contributed by atoms with van der Waals surface area (Å²) in [5, 5.41) is 4.35. The lowest BCUT2D eigenvalue weighted by Crippen LogP contribution is -2.21. The van der Waals surface area contributed by atoms with Crippen molar-refractivity contribution >= 4 is 11.7 Å². The molecule has 5 nitrogen and oxygen atoms in total. The number of esters is 1. The van der Waals surface area contributed by atoms with E-state index in [1.165, 1.54) is 7.11 Å². The van der Waals surface area contributed by atoms with Gasteiger partial charge in [-0.3, -0.25) is 4.68 Å². The molecule has 0 amide bonds. The lowest BCUT2D eigenvalue weighted by atomic mass is 10.0. The Morgan fingerprint density at radius 3 is 2.60 bits per heavy atom. The molecule has 2 N–H and O–H groups in total. The SMILES string of the molecule is COC(=O)c1cc(N)ccc1-c1cnn(C(C)(C)C)c1. The van der Waals surface area contributed by atoms with Gasteiger partial charge in [0.2, 0.25) is 0 Å². The number of anilines is 1. The molecule has 1 aromatic heterocycles. The van der Waals surface area contributed by atoms with Crippen LogP contribution in [0, 0.1) is 0 Å². The zero-order chi connectivity index (χ0) is 14.9. The zero-order valence-corrected chi connectivity index (χ0v) is 12.2. The molecule has 0 fully saturated rings. The fourth-order valence-corrected chi connectivity index (χ4v) is 1.92. The largest absolute Gasteiger partial charge is 0.465 e. The van der Waals surface area contributed by atoms with Crippen molar-refractivity contribution in [1.29, 1.82) is 0 Å². The van der Waals surface area contributed by atoms with Crippen molar-refractivity contribution in [1.82, 2.24) is 9.78 Å². The van der Waals surface area contributed by atoms with Gasteiger partial charge in [-0.1, -0.05) is 6.07 Å². The van der Waals surface area contributed by atoms with Crippen molar-refractivity contribution in [2.24, 2.45) is 0 Å². The minimum Gasteiger partial charge on any atom is -0.465 e. The standard InChI is InChI=1S/C15H19N3O2/c1-15(2,3)18-9-10(8-17-18)12-6-5-11(16)7-13(12)14(19)20-4/h5-9H,16H2,1-4H3. The number of ether oxygens (including phenoxy) is 1. The highest BCUT2D eigenvalue weighted by molar-refractivity contribution is 5.98. The molecule has 2 rings (SSSR count). The maximum atomic E-state index is 11.9. The van der Waals surface area contributed by atoms with E-state index in [9.17, 15) is 4.79 Å². The van der Waals surface area contributed by atoms with Gasteiger partial charge in [0.05, 0.1) is 24.4 Å². The predicted molar refractivity (Wildman–Crippen MR) is 78.4 cm³/mol. The van der Waals surface area contributed by atoms with Crippen LogP contribution in [0.1, 0.15) is 31.1 Å². The van der Waals surface area contributed by atoms with E-state index >= 15 is 0 Å². The lowest BCUT2D eigenvalue weighted by Gasteiger charge is -2.18. The summed E-state index contributed by atoms with van der Waals surface area (Å²) in [6, 6.07) is 5.19. The average molecular weight is 273 g/mol. The van der Waals surface area contributed by atoms with Crippen LogP contribution in [0.4, 0.5) is 5.69 Å². The van der Waals surface area contributed by atoms with E-state index in [2.05, 4.69) is 25.9 Å². The molecule has 2 aromatic rings. The number of methoxy groups -OCH3 is 1. The molecule has 5 heteroatoms. The molecule has 0 saturated heterocycles. The van der Waals surface area contributed by atoms with Gasteiger partial charge in [0.15, 0.2) is 0 Å². The first-order valence-electron chi connectivity index (χ1n) is 6.36. The summed E-state index contributed by atoms with van der Waals surface area (Å²) >= 11 is 0. The van der Waals surface area contributed by atoms with Crippen LogP contribution < -0.4 is 5.73 Å². The minimum atomic E-state index is -0.407. The summed E-state index contributed by atoms with van der Waals surface area (Å²) in [5.74, 6) is -0.407. The lowest BCUT2D eigenvalue weighted by molar-refractivity contribution is 0.0601. The van der Waals surface area contributed by atoms with Crippen LogP contribution in [0.2, 0.25) is 0 Å². The minimum absolute atomic E-state index is 0.114. The fourth-order valence-electron chi connectivity index (χ4n) is 1.92. The number of nitrogens with zero attached hydrogens (tertiary/aromatic N) is 2. The number of carbonyl (C=O) groups is 1. The zero-order valence-electron chi connectivity index (χ0n) is 12.2. The number of hydrogen-bond donors (Lipinski definition) is 1. The molecular formula is C15H19N3O2. The maximum absolute atomic E-state index is 11.9. The highest BCUT2D eigenvalue weighted by Crippen LogP contribution is 2.27. The predicted octanol–water partition coefficient (Wildman–Crippen LogP) is 2.67. The third kappa shape index (κ3) is 2.66. The van der Waals surface area contributed by atoms with E-state index in [-0.39, 0.29) is 5.54 Å². The number of benzene rings is 1. The van der Waals surface area contributed by atoms with Crippen molar-refractivity contribution in [3.05, 3.63) is 36.2 Å². The van der Waals surface area contributed by atoms with Gasteiger partial charge in [-0.2, -0.15) is 5.10 Å². The van der Waals surface area contributed by atoms with Crippen LogP contribution in [-0.4, -0.2) is 22.9 Å². The number of rotatable bonds is 2. The summed E-state index contributed by atoms with van der Waals surface area (Å²) < 4.78 is 6.67. The summed E-state index contributed by atoms with van der Waals surface area (Å²) in [7, 11) is 1.36. The van der Waals surface area contributed by atoms with Gasteiger partial charge in [-0.25, -0.2) is 4.79 Å². The third-order valence-electron chi connectivity index (χ3n) is 3.03. The van der Waals surface area contributed by atoms with Crippen molar-refractivity contribution < 1.29 is 9.53 Å². The first kappa shape index (κ1) is 14.1. The van der Waals surface area contributed by atoms with E-state index in [0.717, 1.165) is 11.1 Å². The van der Waals surface area contributed by atoms with Gasteiger partial charge in [-0.05, 0) is 38.5 Å². The molecule has 0 bridgehead atoms. The van der Waals surface area contributed by atoms with E-state index in [0.29, 0.717) is 11.3 Å². The Morgan fingerprint density at radius 1 is 1.35 bits per heavy atom. The van der Waals surface area contributed by atoms with Crippen LogP contribution >= 0.6 is 0 Å². The summed E-state index contributed by atoms with van der Waals surface area (Å²) in [4.78, 5) is 11.9. The van der Waals surface area contributed by atoms with Gasteiger partial charge in [0, 0.05) is 17.4 Å². The third-order valence-corrected chi connectivity index (χ3v) is 3.03. The molecular weight excluding hydrogens is 254 g/mol. The molecule has 0 saturated carbocycles. The van der Waals surface area contributed by atoms with Crippen LogP contribution in [0.25, 0.3) is 11.1 Å². The molecule has 1 heterocycles. The Balaban J connectivity index is 2.52. The molecule has 0 atom stereocenters. The second-order valence-corrected chi connectivity index (χ2v) is 5.64. The molecule has 0 aliphatic carbocycles. The number of carbonyl (C=O) groups excluding carboxylic acids is 1.